The molecule has 2 heterocycles. The molecule has 1 aromatic rings. The number of aliphatic hydroxyl groups is 2. The van der Waals surface area contributed by atoms with Crippen molar-refractivity contribution < 1.29 is 24.2 Å². The van der Waals surface area contributed by atoms with E-state index >= 15 is 0 Å². The zero-order valence-electron chi connectivity index (χ0n) is 13.6. The van der Waals surface area contributed by atoms with Gasteiger partial charge in [-0.05, 0) is 24.1 Å². The van der Waals surface area contributed by atoms with Gasteiger partial charge in [0.1, 0.15) is 11.9 Å². The highest BCUT2D eigenvalue weighted by atomic mass is 16.5. The number of nitrogens with zero attached hydrogens (tertiary/aromatic N) is 1. The van der Waals surface area contributed by atoms with Crippen LogP contribution in [0.3, 0.4) is 0 Å². The Morgan fingerprint density at radius 1 is 1.43 bits per heavy atom. The van der Waals surface area contributed by atoms with Crippen LogP contribution in [0.4, 0.5) is 0 Å². The Morgan fingerprint density at radius 3 is 2.87 bits per heavy atom. The lowest BCUT2D eigenvalue weighted by molar-refractivity contribution is -0.139. The molecule has 3 atom stereocenters. The minimum atomic E-state index is -0.900. The summed E-state index contributed by atoms with van der Waals surface area (Å²) in [4.78, 5) is 14.1. The fourth-order valence-electron chi connectivity index (χ4n) is 2.64. The van der Waals surface area contributed by atoms with E-state index in [4.69, 9.17) is 9.15 Å². The molecule has 1 fully saturated rings. The number of hydrogen-bond donors (Lipinski definition) is 2. The zero-order valence-corrected chi connectivity index (χ0v) is 13.6. The first-order chi connectivity index (χ1) is 11.0. The van der Waals surface area contributed by atoms with Gasteiger partial charge in [0.25, 0.3) is 0 Å². The van der Waals surface area contributed by atoms with Gasteiger partial charge in [-0.15, -0.1) is 0 Å². The Morgan fingerprint density at radius 2 is 2.22 bits per heavy atom. The van der Waals surface area contributed by atoms with Crippen molar-refractivity contribution in [1.82, 2.24) is 4.90 Å². The molecule has 23 heavy (non-hydrogen) atoms. The summed E-state index contributed by atoms with van der Waals surface area (Å²) in [5.41, 5.74) is 0. The van der Waals surface area contributed by atoms with Crippen LogP contribution in [0, 0.1) is 11.8 Å². The van der Waals surface area contributed by atoms with Crippen LogP contribution >= 0.6 is 0 Å². The van der Waals surface area contributed by atoms with Crippen LogP contribution in [0.25, 0.3) is 6.08 Å². The van der Waals surface area contributed by atoms with E-state index in [-0.39, 0.29) is 18.4 Å². The molecular formula is C17H25NO5. The molecule has 1 saturated heterocycles. The van der Waals surface area contributed by atoms with Crippen molar-refractivity contribution in [3.8, 4) is 0 Å². The molecule has 2 N–H and O–H groups in total. The van der Waals surface area contributed by atoms with E-state index in [0.29, 0.717) is 31.4 Å². The number of furan rings is 1. The smallest absolute Gasteiger partial charge is 0.246 e. The van der Waals surface area contributed by atoms with Gasteiger partial charge in [-0.25, -0.2) is 0 Å². The van der Waals surface area contributed by atoms with Gasteiger partial charge in [0.15, 0.2) is 0 Å². The second-order valence-electron chi connectivity index (χ2n) is 6.34. The van der Waals surface area contributed by atoms with Crippen LogP contribution in [0.1, 0.15) is 19.6 Å². The maximum absolute atomic E-state index is 12.4. The maximum Gasteiger partial charge on any atom is 0.246 e. The summed E-state index contributed by atoms with van der Waals surface area (Å²) in [6.07, 6.45) is 2.86. The first kappa shape index (κ1) is 17.7. The van der Waals surface area contributed by atoms with E-state index in [2.05, 4.69) is 0 Å². The molecule has 0 saturated carbocycles. The number of carbonyl (C=O) groups is 1. The molecule has 0 radical (unpaired) electrons. The second kappa shape index (κ2) is 8.29. The third-order valence-corrected chi connectivity index (χ3v) is 3.78. The number of ether oxygens (including phenoxy) is 1. The third kappa shape index (κ3) is 5.20. The first-order valence-electron chi connectivity index (χ1n) is 7.91. The molecule has 2 rings (SSSR count). The van der Waals surface area contributed by atoms with Crippen molar-refractivity contribution in [2.75, 3.05) is 26.3 Å². The number of amides is 1. The summed E-state index contributed by atoms with van der Waals surface area (Å²) >= 11 is 0. The molecule has 128 valence electrons. The lowest BCUT2D eigenvalue weighted by Crippen LogP contribution is -2.50. The summed E-state index contributed by atoms with van der Waals surface area (Å²) in [5.74, 6) is 0.461. The molecule has 0 aromatic carbocycles. The van der Waals surface area contributed by atoms with Crippen LogP contribution in [-0.2, 0) is 9.53 Å². The fraction of sp³-hybridized carbons (Fsp3) is 0.588. The average Bonchev–Trinajstić information content (AvgIpc) is 3.01. The van der Waals surface area contributed by atoms with Crippen molar-refractivity contribution >= 4 is 12.0 Å². The highest BCUT2D eigenvalue weighted by molar-refractivity contribution is 5.91. The van der Waals surface area contributed by atoms with Crippen LogP contribution in [0.2, 0.25) is 0 Å². The molecule has 0 spiro atoms. The quantitative estimate of drug-likeness (QED) is 0.767. The van der Waals surface area contributed by atoms with E-state index in [1.165, 1.54) is 6.08 Å². The van der Waals surface area contributed by atoms with E-state index in [1.807, 2.05) is 13.8 Å². The average molecular weight is 323 g/mol. The van der Waals surface area contributed by atoms with Crippen molar-refractivity contribution in [1.29, 1.82) is 0 Å². The highest BCUT2D eigenvalue weighted by Crippen LogP contribution is 2.18. The standard InChI is InChI=1S/C17H25NO5/c1-12(2)8-18(9-13-10-22-11-15(19)17(13)21)16(20)6-5-14-4-3-7-23-14/h3-7,12-13,15,17,19,21H,8-11H2,1-2H3/b6-5+/t13-,15-,17+/m1/s1. The molecule has 0 unspecified atom stereocenters. The van der Waals surface area contributed by atoms with Gasteiger partial charge in [-0.2, -0.15) is 0 Å². The summed E-state index contributed by atoms with van der Waals surface area (Å²) in [6.45, 7) is 5.44. The molecule has 1 aliphatic heterocycles. The molecule has 6 heteroatoms. The van der Waals surface area contributed by atoms with Gasteiger partial charge in [-0.3, -0.25) is 4.79 Å². The Bertz CT molecular complexity index is 511. The minimum absolute atomic E-state index is 0.133. The van der Waals surface area contributed by atoms with Crippen molar-refractivity contribution in [3.05, 3.63) is 30.2 Å². The Balaban J connectivity index is 2.02. The SMILES string of the molecule is CC(C)CN(C[C@@H]1COC[C@@H](O)[C@H]1O)C(=O)/C=C/c1ccco1. The Kier molecular flexibility index (Phi) is 6.38. The zero-order chi connectivity index (χ0) is 16.8. The van der Waals surface area contributed by atoms with Crippen LogP contribution in [-0.4, -0.2) is 59.5 Å². The van der Waals surface area contributed by atoms with Crippen LogP contribution in [0.15, 0.2) is 28.9 Å². The summed E-state index contributed by atoms with van der Waals surface area (Å²) in [5, 5.41) is 19.8. The largest absolute Gasteiger partial charge is 0.465 e. The van der Waals surface area contributed by atoms with Gasteiger partial charge in [0.2, 0.25) is 5.91 Å². The van der Waals surface area contributed by atoms with Crippen molar-refractivity contribution in [2.45, 2.75) is 26.1 Å². The molecule has 1 aromatic heterocycles. The summed E-state index contributed by atoms with van der Waals surface area (Å²) in [7, 11) is 0. The molecule has 0 aliphatic carbocycles. The normalized spacial score (nSPS) is 25.2. The van der Waals surface area contributed by atoms with Crippen molar-refractivity contribution in [3.63, 3.8) is 0 Å². The van der Waals surface area contributed by atoms with E-state index in [0.717, 1.165) is 0 Å². The molecule has 1 aliphatic rings. The van der Waals surface area contributed by atoms with Crippen molar-refractivity contribution in [2.24, 2.45) is 11.8 Å². The number of aliphatic hydroxyl groups excluding tert-OH is 2. The molecule has 6 nitrogen and oxygen atoms in total. The summed E-state index contributed by atoms with van der Waals surface area (Å²) < 4.78 is 10.5. The Labute approximate surface area is 136 Å². The van der Waals surface area contributed by atoms with Crippen LogP contribution < -0.4 is 0 Å². The third-order valence-electron chi connectivity index (χ3n) is 3.78. The second-order valence-corrected chi connectivity index (χ2v) is 6.34. The monoisotopic (exact) mass is 323 g/mol. The number of hydrogen-bond acceptors (Lipinski definition) is 5. The summed E-state index contributed by atoms with van der Waals surface area (Å²) in [6, 6.07) is 3.53. The van der Waals surface area contributed by atoms with E-state index < -0.39 is 12.2 Å². The predicted molar refractivity (Wildman–Crippen MR) is 85.5 cm³/mol. The van der Waals surface area contributed by atoms with Gasteiger partial charge in [0, 0.05) is 25.1 Å². The molecule has 0 bridgehead atoms. The fourth-order valence-corrected chi connectivity index (χ4v) is 2.64. The van der Waals surface area contributed by atoms with E-state index in [9.17, 15) is 15.0 Å². The predicted octanol–water partition coefficient (Wildman–Crippen LogP) is 1.15. The van der Waals surface area contributed by atoms with Gasteiger partial charge in [-0.1, -0.05) is 13.8 Å². The Hall–Kier alpha value is -1.63. The number of carbonyl (C=O) groups excluding carboxylic acids is 1. The lowest BCUT2D eigenvalue weighted by Gasteiger charge is -2.35. The molecule has 1 amide bonds. The minimum Gasteiger partial charge on any atom is -0.465 e. The number of rotatable bonds is 6. The first-order valence-corrected chi connectivity index (χ1v) is 7.91. The lowest BCUT2D eigenvalue weighted by atomic mass is 9.95. The maximum atomic E-state index is 12.4. The topological polar surface area (TPSA) is 83.1 Å². The van der Waals surface area contributed by atoms with Gasteiger partial charge in [0.05, 0.1) is 25.6 Å². The van der Waals surface area contributed by atoms with Gasteiger partial charge < -0.3 is 24.3 Å². The van der Waals surface area contributed by atoms with E-state index in [1.54, 1.807) is 29.4 Å². The highest BCUT2D eigenvalue weighted by Gasteiger charge is 2.33. The molecular weight excluding hydrogens is 298 g/mol. The van der Waals surface area contributed by atoms with Crippen LogP contribution in [0.5, 0.6) is 0 Å². The van der Waals surface area contributed by atoms with Gasteiger partial charge >= 0.3 is 0 Å².